The number of halogens is 1. The van der Waals surface area contributed by atoms with E-state index in [-0.39, 0.29) is 11.4 Å². The normalized spacial score (nSPS) is 13.7. The van der Waals surface area contributed by atoms with Crippen molar-refractivity contribution in [1.82, 2.24) is 19.9 Å². The summed E-state index contributed by atoms with van der Waals surface area (Å²) >= 11 is 1.45. The third-order valence-electron chi connectivity index (χ3n) is 5.95. The van der Waals surface area contributed by atoms with E-state index in [4.69, 9.17) is 9.40 Å². The van der Waals surface area contributed by atoms with Crippen molar-refractivity contribution in [2.45, 2.75) is 44.3 Å². The molecule has 2 aromatic heterocycles. The van der Waals surface area contributed by atoms with Gasteiger partial charge >= 0.3 is 0 Å². The molecule has 0 unspecified atom stereocenters. The van der Waals surface area contributed by atoms with Gasteiger partial charge < -0.3 is 9.40 Å². The molecule has 0 saturated heterocycles. The molecule has 1 aliphatic heterocycles. The number of thioether (sulfide) groups is 1. The van der Waals surface area contributed by atoms with E-state index in [0.29, 0.717) is 41.9 Å². The van der Waals surface area contributed by atoms with Crippen molar-refractivity contribution < 1.29 is 8.81 Å². The fourth-order valence-corrected chi connectivity index (χ4v) is 4.99. The molecule has 0 aliphatic carbocycles. The van der Waals surface area contributed by atoms with Crippen LogP contribution in [0.1, 0.15) is 33.8 Å². The second-order valence-corrected chi connectivity index (χ2v) is 9.53. The summed E-state index contributed by atoms with van der Waals surface area (Å²) in [5.41, 5.74) is 5.41. The maximum Gasteiger partial charge on any atom is 0.256 e. The SMILES string of the molecule is Cc1cccc(-c2nc(CSc3nc4c(c(=O)[nH]3)CN(Cc3ccc(F)cc3)CC4)c(C)o2)c1. The molecule has 1 N–H and O–H groups in total. The summed E-state index contributed by atoms with van der Waals surface area (Å²) in [4.78, 5) is 27.3. The Morgan fingerprint density at radius 2 is 1.97 bits per heavy atom. The zero-order valence-electron chi connectivity index (χ0n) is 19.1. The highest BCUT2D eigenvalue weighted by atomic mass is 32.2. The highest BCUT2D eigenvalue weighted by Crippen LogP contribution is 2.27. The molecule has 1 aliphatic rings. The number of fused-ring (bicyclic) bond motifs is 1. The van der Waals surface area contributed by atoms with Crippen LogP contribution in [-0.4, -0.2) is 26.4 Å². The van der Waals surface area contributed by atoms with Gasteiger partial charge in [0.25, 0.3) is 5.56 Å². The number of oxazole rings is 1. The molecular formula is C26H25FN4O2S. The molecule has 174 valence electrons. The first-order chi connectivity index (χ1) is 16.4. The van der Waals surface area contributed by atoms with Gasteiger partial charge in [-0.3, -0.25) is 9.69 Å². The highest BCUT2D eigenvalue weighted by molar-refractivity contribution is 7.98. The molecule has 2 aromatic carbocycles. The van der Waals surface area contributed by atoms with Crippen LogP contribution >= 0.6 is 11.8 Å². The molecule has 34 heavy (non-hydrogen) atoms. The minimum Gasteiger partial charge on any atom is -0.441 e. The first-order valence-electron chi connectivity index (χ1n) is 11.2. The Bertz CT molecular complexity index is 1380. The summed E-state index contributed by atoms with van der Waals surface area (Å²) in [5.74, 6) is 1.68. The Hall–Kier alpha value is -3.23. The third kappa shape index (κ3) is 4.98. The zero-order valence-corrected chi connectivity index (χ0v) is 19.9. The van der Waals surface area contributed by atoms with Gasteiger partial charge in [0.05, 0.1) is 17.0 Å². The van der Waals surface area contributed by atoms with Gasteiger partial charge in [-0.2, -0.15) is 0 Å². The van der Waals surface area contributed by atoms with Crippen molar-refractivity contribution in [3.05, 3.63) is 98.5 Å². The smallest absolute Gasteiger partial charge is 0.256 e. The molecule has 0 spiro atoms. The van der Waals surface area contributed by atoms with E-state index in [1.54, 1.807) is 12.1 Å². The van der Waals surface area contributed by atoms with Crippen LogP contribution < -0.4 is 5.56 Å². The maximum atomic E-state index is 13.2. The van der Waals surface area contributed by atoms with E-state index in [1.165, 1.54) is 23.9 Å². The van der Waals surface area contributed by atoms with Crippen LogP contribution in [0.2, 0.25) is 0 Å². The van der Waals surface area contributed by atoms with Crippen LogP contribution in [-0.2, 0) is 25.3 Å². The van der Waals surface area contributed by atoms with Crippen molar-refractivity contribution in [3.8, 4) is 11.5 Å². The largest absolute Gasteiger partial charge is 0.441 e. The number of aromatic amines is 1. The van der Waals surface area contributed by atoms with Crippen molar-refractivity contribution in [3.63, 3.8) is 0 Å². The molecule has 0 radical (unpaired) electrons. The van der Waals surface area contributed by atoms with Gasteiger partial charge in [-0.1, -0.05) is 41.6 Å². The lowest BCUT2D eigenvalue weighted by Gasteiger charge is -2.27. The molecule has 0 saturated carbocycles. The first kappa shape index (κ1) is 22.6. The first-order valence-corrected chi connectivity index (χ1v) is 12.2. The zero-order chi connectivity index (χ0) is 23.7. The second-order valence-electron chi connectivity index (χ2n) is 8.56. The van der Waals surface area contributed by atoms with E-state index in [2.05, 4.69) is 14.9 Å². The topological polar surface area (TPSA) is 75.0 Å². The van der Waals surface area contributed by atoms with Gasteiger partial charge in [-0.25, -0.2) is 14.4 Å². The minimum absolute atomic E-state index is 0.103. The monoisotopic (exact) mass is 476 g/mol. The van der Waals surface area contributed by atoms with E-state index in [1.807, 2.05) is 38.1 Å². The summed E-state index contributed by atoms with van der Waals surface area (Å²) in [6, 6.07) is 14.5. The van der Waals surface area contributed by atoms with Gasteiger partial charge in [-0.05, 0) is 43.7 Å². The number of nitrogens with zero attached hydrogens (tertiary/aromatic N) is 3. The Morgan fingerprint density at radius 3 is 2.76 bits per heavy atom. The van der Waals surface area contributed by atoms with Crippen molar-refractivity contribution in [2.24, 2.45) is 0 Å². The number of H-pyrrole nitrogens is 1. The lowest BCUT2D eigenvalue weighted by Crippen LogP contribution is -2.35. The summed E-state index contributed by atoms with van der Waals surface area (Å²) < 4.78 is 19.0. The Balaban J connectivity index is 1.27. The van der Waals surface area contributed by atoms with E-state index >= 15 is 0 Å². The molecule has 0 atom stereocenters. The molecule has 8 heteroatoms. The predicted molar refractivity (Wildman–Crippen MR) is 130 cm³/mol. The molecule has 0 bridgehead atoms. The number of aryl methyl sites for hydroxylation is 2. The molecule has 0 amide bonds. The molecule has 3 heterocycles. The van der Waals surface area contributed by atoms with Crippen molar-refractivity contribution in [2.75, 3.05) is 6.54 Å². The predicted octanol–water partition coefficient (Wildman–Crippen LogP) is 5.03. The quantitative estimate of drug-likeness (QED) is 0.311. The van der Waals surface area contributed by atoms with E-state index in [0.717, 1.165) is 40.4 Å². The Kier molecular flexibility index (Phi) is 6.34. The van der Waals surface area contributed by atoms with Crippen LogP contribution in [0.4, 0.5) is 4.39 Å². The summed E-state index contributed by atoms with van der Waals surface area (Å²) in [5, 5.41) is 0.593. The van der Waals surface area contributed by atoms with Gasteiger partial charge in [0, 0.05) is 37.4 Å². The average Bonchev–Trinajstić information content (AvgIpc) is 3.20. The number of rotatable bonds is 6. The summed E-state index contributed by atoms with van der Waals surface area (Å²) in [7, 11) is 0. The number of aromatic nitrogens is 3. The van der Waals surface area contributed by atoms with Crippen LogP contribution in [0, 0.1) is 19.7 Å². The lowest BCUT2D eigenvalue weighted by molar-refractivity contribution is 0.241. The van der Waals surface area contributed by atoms with Gasteiger partial charge in [0.15, 0.2) is 5.16 Å². The van der Waals surface area contributed by atoms with E-state index in [9.17, 15) is 9.18 Å². The second kappa shape index (κ2) is 9.56. The number of benzene rings is 2. The minimum atomic E-state index is -0.245. The van der Waals surface area contributed by atoms with Crippen LogP contribution in [0.15, 0.2) is 62.9 Å². The van der Waals surface area contributed by atoms with E-state index < -0.39 is 0 Å². The van der Waals surface area contributed by atoms with Crippen LogP contribution in [0.25, 0.3) is 11.5 Å². The number of hydrogen-bond acceptors (Lipinski definition) is 6. The van der Waals surface area contributed by atoms with Crippen molar-refractivity contribution >= 4 is 11.8 Å². The molecule has 5 rings (SSSR count). The fraction of sp³-hybridized carbons (Fsp3) is 0.269. The van der Waals surface area contributed by atoms with Crippen LogP contribution in [0.5, 0.6) is 0 Å². The molecule has 6 nitrogen and oxygen atoms in total. The summed E-state index contributed by atoms with van der Waals surface area (Å²) in [6.07, 6.45) is 0.703. The average molecular weight is 477 g/mol. The molecule has 4 aromatic rings. The van der Waals surface area contributed by atoms with Crippen LogP contribution in [0.3, 0.4) is 0 Å². The number of nitrogens with one attached hydrogen (secondary N) is 1. The van der Waals surface area contributed by atoms with Crippen molar-refractivity contribution in [1.29, 1.82) is 0 Å². The fourth-order valence-electron chi connectivity index (χ4n) is 4.11. The van der Waals surface area contributed by atoms with Gasteiger partial charge in [0.1, 0.15) is 11.6 Å². The standard InChI is InChI=1S/C26H25FN4O2S/c1-16-4-3-5-19(12-16)25-28-23(17(2)33-25)15-34-26-29-22-10-11-31(14-21(22)24(32)30-26)13-18-6-8-20(27)9-7-18/h3-9,12H,10-11,13-15H2,1-2H3,(H,29,30,32). The number of hydrogen-bond donors (Lipinski definition) is 1. The Morgan fingerprint density at radius 1 is 1.15 bits per heavy atom. The lowest BCUT2D eigenvalue weighted by atomic mass is 10.1. The molecular weight excluding hydrogens is 451 g/mol. The maximum absolute atomic E-state index is 13.2. The van der Waals surface area contributed by atoms with Gasteiger partial charge in [0.2, 0.25) is 5.89 Å². The summed E-state index contributed by atoms with van der Waals surface area (Å²) in [6.45, 7) is 5.94. The molecule has 0 fully saturated rings. The van der Waals surface area contributed by atoms with Gasteiger partial charge in [-0.15, -0.1) is 0 Å². The highest BCUT2D eigenvalue weighted by Gasteiger charge is 2.22. The Labute approximate surface area is 201 Å². The third-order valence-corrected chi connectivity index (χ3v) is 6.83.